The molecule has 68 valence electrons. The van der Waals surface area contributed by atoms with Crippen LogP contribution in [0.1, 0.15) is 26.2 Å². The average molecular weight is 170 g/mol. The monoisotopic (exact) mass is 170 g/mol. The highest BCUT2D eigenvalue weighted by molar-refractivity contribution is 5.66. The minimum Gasteiger partial charge on any atom is -0.462 e. The fourth-order valence-corrected chi connectivity index (χ4v) is 2.55. The molecule has 0 amide bonds. The second kappa shape index (κ2) is 2.73. The van der Waals surface area contributed by atoms with E-state index in [4.69, 9.17) is 4.74 Å². The molecule has 0 heterocycles. The molecule has 2 bridgehead atoms. The van der Waals surface area contributed by atoms with Gasteiger partial charge in [-0.05, 0) is 31.1 Å². The van der Waals surface area contributed by atoms with Gasteiger partial charge in [-0.3, -0.25) is 4.79 Å². The Morgan fingerprint density at radius 1 is 1.33 bits per heavy atom. The van der Waals surface area contributed by atoms with Gasteiger partial charge in [-0.25, -0.2) is 0 Å². The van der Waals surface area contributed by atoms with Crippen molar-refractivity contribution in [2.75, 3.05) is 0 Å². The number of carbonyl (C=O) groups excluding carboxylic acids is 1. The highest BCUT2D eigenvalue weighted by atomic mass is 16.5. The van der Waals surface area contributed by atoms with Crippen LogP contribution in [0.4, 0.5) is 0 Å². The summed E-state index contributed by atoms with van der Waals surface area (Å²) < 4.78 is 5.14. The Balaban J connectivity index is 1.94. The number of hydrogen-bond donors (Lipinski definition) is 1. The molecule has 0 unspecified atom stereocenters. The first kappa shape index (κ1) is 8.05. The fraction of sp³-hybridized carbons (Fsp3) is 0.889. The highest BCUT2D eigenvalue weighted by Gasteiger charge is 2.46. The summed E-state index contributed by atoms with van der Waals surface area (Å²) in [6, 6.07) is 0. The Morgan fingerprint density at radius 3 is 2.50 bits per heavy atom. The van der Waals surface area contributed by atoms with Gasteiger partial charge in [0, 0.05) is 6.92 Å². The standard InChI is InChI=1S/C9H14O3/c1-5(10)12-9-4-6-2-7(9)3-8(6)11/h6-9,11H,2-4H2,1H3/t6-,7-,8-,9+/m1/s1. The highest BCUT2D eigenvalue weighted by Crippen LogP contribution is 2.45. The number of fused-ring (bicyclic) bond motifs is 2. The molecule has 2 fully saturated rings. The Kier molecular flexibility index (Phi) is 1.83. The number of ether oxygens (including phenoxy) is 1. The van der Waals surface area contributed by atoms with E-state index in [0.29, 0.717) is 11.8 Å². The summed E-state index contributed by atoms with van der Waals surface area (Å²) in [7, 11) is 0. The van der Waals surface area contributed by atoms with E-state index in [-0.39, 0.29) is 18.2 Å². The zero-order valence-corrected chi connectivity index (χ0v) is 7.19. The quantitative estimate of drug-likeness (QED) is 0.589. The third-order valence-corrected chi connectivity index (χ3v) is 3.07. The Hall–Kier alpha value is -0.570. The Bertz CT molecular complexity index is 200. The molecule has 0 aromatic carbocycles. The maximum Gasteiger partial charge on any atom is 0.302 e. The summed E-state index contributed by atoms with van der Waals surface area (Å²) in [5.74, 6) is 0.621. The van der Waals surface area contributed by atoms with Crippen LogP contribution < -0.4 is 0 Å². The van der Waals surface area contributed by atoms with Gasteiger partial charge < -0.3 is 9.84 Å². The summed E-state index contributed by atoms with van der Waals surface area (Å²) in [5, 5.41) is 9.43. The van der Waals surface area contributed by atoms with Gasteiger partial charge in [-0.1, -0.05) is 0 Å². The first-order valence-electron chi connectivity index (χ1n) is 4.52. The molecule has 4 atom stereocenters. The molecule has 0 spiro atoms. The summed E-state index contributed by atoms with van der Waals surface area (Å²) in [5.41, 5.74) is 0. The molecule has 0 saturated heterocycles. The fourth-order valence-electron chi connectivity index (χ4n) is 2.55. The van der Waals surface area contributed by atoms with Gasteiger partial charge in [-0.15, -0.1) is 0 Å². The van der Waals surface area contributed by atoms with E-state index in [2.05, 4.69) is 0 Å². The number of esters is 1. The van der Waals surface area contributed by atoms with E-state index in [1.165, 1.54) is 6.92 Å². The van der Waals surface area contributed by atoms with Gasteiger partial charge in [0.15, 0.2) is 0 Å². The van der Waals surface area contributed by atoms with Gasteiger partial charge in [0.2, 0.25) is 0 Å². The number of hydrogen-bond acceptors (Lipinski definition) is 3. The lowest BCUT2D eigenvalue weighted by atomic mass is 9.95. The van der Waals surface area contributed by atoms with Crippen LogP contribution in [-0.4, -0.2) is 23.3 Å². The summed E-state index contributed by atoms with van der Waals surface area (Å²) in [4.78, 5) is 10.7. The van der Waals surface area contributed by atoms with Crippen LogP contribution in [0, 0.1) is 11.8 Å². The SMILES string of the molecule is CC(=O)O[C@H]1C[C@H]2C[C@@H]1C[C@H]2O. The molecule has 0 aromatic heterocycles. The van der Waals surface area contributed by atoms with Crippen molar-refractivity contribution in [3.05, 3.63) is 0 Å². The molecule has 2 aliphatic rings. The lowest BCUT2D eigenvalue weighted by molar-refractivity contribution is -0.149. The van der Waals surface area contributed by atoms with Crippen molar-refractivity contribution in [3.8, 4) is 0 Å². The van der Waals surface area contributed by atoms with Gasteiger partial charge in [0.1, 0.15) is 6.10 Å². The zero-order chi connectivity index (χ0) is 8.72. The van der Waals surface area contributed by atoms with Crippen molar-refractivity contribution in [2.24, 2.45) is 11.8 Å². The molecule has 2 aliphatic carbocycles. The van der Waals surface area contributed by atoms with E-state index >= 15 is 0 Å². The van der Waals surface area contributed by atoms with E-state index in [0.717, 1.165) is 19.3 Å². The molecule has 0 radical (unpaired) electrons. The molecule has 2 rings (SSSR count). The predicted molar refractivity (Wildman–Crippen MR) is 42.4 cm³/mol. The lowest BCUT2D eigenvalue weighted by Gasteiger charge is -2.24. The topological polar surface area (TPSA) is 46.5 Å². The zero-order valence-electron chi connectivity index (χ0n) is 7.19. The van der Waals surface area contributed by atoms with E-state index in [1.807, 2.05) is 0 Å². The molecule has 3 nitrogen and oxygen atoms in total. The second-order valence-corrected chi connectivity index (χ2v) is 3.94. The van der Waals surface area contributed by atoms with E-state index in [1.54, 1.807) is 0 Å². The van der Waals surface area contributed by atoms with Crippen LogP contribution in [0.15, 0.2) is 0 Å². The maximum atomic E-state index is 10.7. The minimum absolute atomic E-state index is 0.0934. The first-order valence-corrected chi connectivity index (χ1v) is 4.52. The molecule has 3 heteroatoms. The third kappa shape index (κ3) is 1.22. The molecular weight excluding hydrogens is 156 g/mol. The van der Waals surface area contributed by atoms with Crippen LogP contribution in [0.25, 0.3) is 0 Å². The second-order valence-electron chi connectivity index (χ2n) is 3.94. The van der Waals surface area contributed by atoms with Gasteiger partial charge in [0.25, 0.3) is 0 Å². The lowest BCUT2D eigenvalue weighted by Crippen LogP contribution is -2.28. The Labute approximate surface area is 71.7 Å². The van der Waals surface area contributed by atoms with Crippen molar-refractivity contribution in [2.45, 2.75) is 38.4 Å². The normalized spacial score (nSPS) is 44.8. The van der Waals surface area contributed by atoms with Gasteiger partial charge in [0.05, 0.1) is 6.10 Å². The van der Waals surface area contributed by atoms with Crippen molar-refractivity contribution in [3.63, 3.8) is 0 Å². The third-order valence-electron chi connectivity index (χ3n) is 3.07. The smallest absolute Gasteiger partial charge is 0.302 e. The maximum absolute atomic E-state index is 10.7. The molecular formula is C9H14O3. The van der Waals surface area contributed by atoms with Crippen molar-refractivity contribution >= 4 is 5.97 Å². The van der Waals surface area contributed by atoms with Crippen LogP contribution in [-0.2, 0) is 9.53 Å². The first-order chi connectivity index (χ1) is 5.66. The molecule has 0 aromatic rings. The predicted octanol–water partition coefficient (Wildman–Crippen LogP) is 0.709. The van der Waals surface area contributed by atoms with E-state index in [9.17, 15) is 9.90 Å². The molecule has 2 saturated carbocycles. The number of carbonyl (C=O) groups is 1. The van der Waals surface area contributed by atoms with Crippen LogP contribution in [0.3, 0.4) is 0 Å². The molecule has 1 N–H and O–H groups in total. The van der Waals surface area contributed by atoms with E-state index < -0.39 is 0 Å². The van der Waals surface area contributed by atoms with Crippen LogP contribution >= 0.6 is 0 Å². The van der Waals surface area contributed by atoms with Crippen LogP contribution in [0.2, 0.25) is 0 Å². The Morgan fingerprint density at radius 2 is 2.08 bits per heavy atom. The van der Waals surface area contributed by atoms with Gasteiger partial charge in [-0.2, -0.15) is 0 Å². The number of rotatable bonds is 1. The van der Waals surface area contributed by atoms with Crippen molar-refractivity contribution in [1.82, 2.24) is 0 Å². The van der Waals surface area contributed by atoms with Crippen LogP contribution in [0.5, 0.6) is 0 Å². The number of aliphatic hydroxyl groups excluding tert-OH is 1. The number of aliphatic hydroxyl groups is 1. The van der Waals surface area contributed by atoms with Crippen molar-refractivity contribution < 1.29 is 14.6 Å². The summed E-state index contributed by atoms with van der Waals surface area (Å²) in [6.07, 6.45) is 2.69. The summed E-state index contributed by atoms with van der Waals surface area (Å²) >= 11 is 0. The van der Waals surface area contributed by atoms with Gasteiger partial charge >= 0.3 is 5.97 Å². The molecule has 12 heavy (non-hydrogen) atoms. The minimum atomic E-state index is -0.193. The summed E-state index contributed by atoms with van der Waals surface area (Å²) in [6.45, 7) is 1.45. The average Bonchev–Trinajstić information content (AvgIpc) is 2.44. The van der Waals surface area contributed by atoms with Crippen molar-refractivity contribution in [1.29, 1.82) is 0 Å². The largest absolute Gasteiger partial charge is 0.462 e. The molecule has 0 aliphatic heterocycles.